The van der Waals surface area contributed by atoms with E-state index in [1.165, 1.54) is 6.07 Å². The minimum Gasteiger partial charge on any atom is -0.477 e. The van der Waals surface area contributed by atoms with Gasteiger partial charge in [0.25, 0.3) is 0 Å². The number of aliphatic hydroxyl groups is 1. The Hall–Kier alpha value is -1.62. The monoisotopic (exact) mass is 236 g/mol. The van der Waals surface area contributed by atoms with Crippen molar-refractivity contribution in [2.75, 3.05) is 11.9 Å². The standard InChI is InChI=1S/C12H16N2O3/c15-7-8-4-5-9(6-8)13-11-3-1-2-10(14-11)12(16)17/h1-3,8-9,15H,4-7H2,(H,13,14)(H,16,17)/t8-,9+/m1/s1. The van der Waals surface area contributed by atoms with Crippen LogP contribution in [0.3, 0.4) is 0 Å². The van der Waals surface area contributed by atoms with Gasteiger partial charge in [-0.15, -0.1) is 0 Å². The van der Waals surface area contributed by atoms with Crippen molar-refractivity contribution in [1.29, 1.82) is 0 Å². The van der Waals surface area contributed by atoms with Crippen molar-refractivity contribution in [1.82, 2.24) is 4.98 Å². The Balaban J connectivity index is 1.99. The Bertz CT molecular complexity index is 408. The molecular weight excluding hydrogens is 220 g/mol. The lowest BCUT2D eigenvalue weighted by Gasteiger charge is -2.13. The molecule has 0 spiro atoms. The normalized spacial score (nSPS) is 23.6. The summed E-state index contributed by atoms with van der Waals surface area (Å²) in [5.74, 6) is -0.0723. The maximum absolute atomic E-state index is 10.8. The van der Waals surface area contributed by atoms with E-state index in [4.69, 9.17) is 10.2 Å². The summed E-state index contributed by atoms with van der Waals surface area (Å²) in [7, 11) is 0. The van der Waals surface area contributed by atoms with E-state index in [0.29, 0.717) is 11.7 Å². The van der Waals surface area contributed by atoms with Crippen molar-refractivity contribution in [3.05, 3.63) is 23.9 Å². The number of pyridine rings is 1. The highest BCUT2D eigenvalue weighted by Gasteiger charge is 2.24. The van der Waals surface area contributed by atoms with Crippen LogP contribution in [0.15, 0.2) is 18.2 Å². The van der Waals surface area contributed by atoms with Gasteiger partial charge in [-0.05, 0) is 37.3 Å². The summed E-state index contributed by atoms with van der Waals surface area (Å²) >= 11 is 0. The minimum absolute atomic E-state index is 0.0479. The van der Waals surface area contributed by atoms with Crippen LogP contribution in [0.2, 0.25) is 0 Å². The van der Waals surface area contributed by atoms with Gasteiger partial charge in [0.15, 0.2) is 5.69 Å². The number of hydrogen-bond acceptors (Lipinski definition) is 4. The summed E-state index contributed by atoms with van der Waals surface area (Å²) in [6, 6.07) is 5.19. The molecule has 1 aromatic rings. The van der Waals surface area contributed by atoms with Gasteiger partial charge in [0.2, 0.25) is 0 Å². The molecule has 1 aliphatic carbocycles. The van der Waals surface area contributed by atoms with Gasteiger partial charge >= 0.3 is 5.97 Å². The van der Waals surface area contributed by atoms with Crippen molar-refractivity contribution >= 4 is 11.8 Å². The predicted octanol–water partition coefficient (Wildman–Crippen LogP) is 1.35. The molecule has 0 saturated heterocycles. The zero-order valence-electron chi connectivity index (χ0n) is 9.47. The van der Waals surface area contributed by atoms with Crippen molar-refractivity contribution in [2.45, 2.75) is 25.3 Å². The van der Waals surface area contributed by atoms with Crippen LogP contribution < -0.4 is 5.32 Å². The van der Waals surface area contributed by atoms with E-state index >= 15 is 0 Å². The van der Waals surface area contributed by atoms with Crippen LogP contribution in [-0.2, 0) is 0 Å². The maximum atomic E-state index is 10.8. The highest BCUT2D eigenvalue weighted by molar-refractivity contribution is 5.85. The van der Waals surface area contributed by atoms with Gasteiger partial charge in [-0.1, -0.05) is 6.07 Å². The van der Waals surface area contributed by atoms with Gasteiger partial charge in [-0.25, -0.2) is 9.78 Å². The first-order chi connectivity index (χ1) is 8.19. The number of carbonyl (C=O) groups is 1. The average molecular weight is 236 g/mol. The first kappa shape index (κ1) is 11.9. The van der Waals surface area contributed by atoms with Crippen molar-refractivity contribution in [3.63, 3.8) is 0 Å². The highest BCUT2D eigenvalue weighted by atomic mass is 16.4. The van der Waals surface area contributed by atoms with Gasteiger partial charge in [-0.2, -0.15) is 0 Å². The fourth-order valence-corrected chi connectivity index (χ4v) is 2.22. The second-order valence-electron chi connectivity index (χ2n) is 4.42. The number of hydrogen-bond donors (Lipinski definition) is 3. The van der Waals surface area contributed by atoms with Gasteiger partial charge < -0.3 is 15.5 Å². The van der Waals surface area contributed by atoms with Crippen LogP contribution in [0.5, 0.6) is 0 Å². The molecular formula is C12H16N2O3. The van der Waals surface area contributed by atoms with E-state index in [0.717, 1.165) is 19.3 Å². The summed E-state index contributed by atoms with van der Waals surface area (Å²) in [5.41, 5.74) is 0.0479. The number of anilines is 1. The lowest BCUT2D eigenvalue weighted by Crippen LogP contribution is -2.17. The molecule has 2 atom stereocenters. The molecule has 1 heterocycles. The lowest BCUT2D eigenvalue weighted by atomic mass is 10.1. The zero-order chi connectivity index (χ0) is 12.3. The molecule has 1 aliphatic rings. The van der Waals surface area contributed by atoms with E-state index in [1.54, 1.807) is 12.1 Å². The largest absolute Gasteiger partial charge is 0.477 e. The van der Waals surface area contributed by atoms with E-state index < -0.39 is 5.97 Å². The van der Waals surface area contributed by atoms with Crippen LogP contribution in [0.1, 0.15) is 29.8 Å². The van der Waals surface area contributed by atoms with Crippen molar-refractivity contribution < 1.29 is 15.0 Å². The van der Waals surface area contributed by atoms with Gasteiger partial charge in [0.1, 0.15) is 5.82 Å². The minimum atomic E-state index is -1.02. The van der Waals surface area contributed by atoms with Crippen LogP contribution in [-0.4, -0.2) is 33.8 Å². The van der Waals surface area contributed by atoms with Crippen LogP contribution in [0, 0.1) is 5.92 Å². The lowest BCUT2D eigenvalue weighted by molar-refractivity contribution is 0.0690. The number of rotatable bonds is 4. The summed E-state index contributed by atoms with van der Waals surface area (Å²) in [5, 5.41) is 21.1. The second kappa shape index (κ2) is 5.14. The average Bonchev–Trinajstić information content (AvgIpc) is 2.77. The molecule has 5 heteroatoms. The van der Waals surface area contributed by atoms with Crippen LogP contribution in [0.4, 0.5) is 5.82 Å². The summed E-state index contributed by atoms with van der Waals surface area (Å²) in [6.45, 7) is 0.223. The third kappa shape index (κ3) is 2.94. The molecule has 0 bridgehead atoms. The Morgan fingerprint density at radius 2 is 2.29 bits per heavy atom. The molecule has 0 aromatic carbocycles. The number of nitrogens with one attached hydrogen (secondary N) is 1. The molecule has 0 aliphatic heterocycles. The molecule has 0 radical (unpaired) electrons. The SMILES string of the molecule is O=C(O)c1cccc(N[C@H]2CC[C@@H](CO)C2)n1. The highest BCUT2D eigenvalue weighted by Crippen LogP contribution is 2.27. The summed E-state index contributed by atoms with van der Waals surface area (Å²) in [6.07, 6.45) is 2.91. The Morgan fingerprint density at radius 3 is 2.94 bits per heavy atom. The molecule has 0 unspecified atom stereocenters. The molecule has 1 aromatic heterocycles. The third-order valence-electron chi connectivity index (χ3n) is 3.12. The van der Waals surface area contributed by atoms with Gasteiger partial charge in [-0.3, -0.25) is 0 Å². The predicted molar refractivity (Wildman–Crippen MR) is 63.0 cm³/mol. The number of aliphatic hydroxyl groups excluding tert-OH is 1. The second-order valence-corrected chi connectivity index (χ2v) is 4.42. The Labute approximate surface area is 99.5 Å². The van der Waals surface area contributed by atoms with Gasteiger partial charge in [0.05, 0.1) is 0 Å². The fraction of sp³-hybridized carbons (Fsp3) is 0.500. The number of nitrogens with zero attached hydrogens (tertiary/aromatic N) is 1. The number of carboxylic acid groups (broad SMARTS) is 1. The summed E-state index contributed by atoms with van der Waals surface area (Å²) in [4.78, 5) is 14.8. The van der Waals surface area contributed by atoms with Crippen LogP contribution in [0.25, 0.3) is 0 Å². The van der Waals surface area contributed by atoms with Crippen LogP contribution >= 0.6 is 0 Å². The molecule has 2 rings (SSSR count). The van der Waals surface area contributed by atoms with Crippen molar-refractivity contribution in [2.24, 2.45) is 5.92 Å². The number of aromatic nitrogens is 1. The summed E-state index contributed by atoms with van der Waals surface area (Å²) < 4.78 is 0. The number of aromatic carboxylic acids is 1. The Morgan fingerprint density at radius 1 is 1.47 bits per heavy atom. The van der Waals surface area contributed by atoms with Gasteiger partial charge in [0, 0.05) is 12.6 Å². The molecule has 1 fully saturated rings. The van der Waals surface area contributed by atoms with Crippen molar-refractivity contribution in [3.8, 4) is 0 Å². The number of carboxylic acids is 1. The smallest absolute Gasteiger partial charge is 0.354 e. The molecule has 5 nitrogen and oxygen atoms in total. The first-order valence-electron chi connectivity index (χ1n) is 5.77. The molecule has 0 amide bonds. The van der Waals surface area contributed by atoms with E-state index in [-0.39, 0.29) is 18.3 Å². The molecule has 1 saturated carbocycles. The maximum Gasteiger partial charge on any atom is 0.354 e. The van der Waals surface area contributed by atoms with E-state index in [2.05, 4.69) is 10.3 Å². The first-order valence-corrected chi connectivity index (χ1v) is 5.77. The topological polar surface area (TPSA) is 82.5 Å². The Kier molecular flexibility index (Phi) is 3.58. The third-order valence-corrected chi connectivity index (χ3v) is 3.12. The molecule has 3 N–H and O–H groups in total. The van der Waals surface area contributed by atoms with E-state index in [9.17, 15) is 4.79 Å². The molecule has 92 valence electrons. The molecule has 17 heavy (non-hydrogen) atoms. The zero-order valence-corrected chi connectivity index (χ0v) is 9.47. The van der Waals surface area contributed by atoms with E-state index in [1.807, 2.05) is 0 Å². The quantitative estimate of drug-likeness (QED) is 0.735. The fourth-order valence-electron chi connectivity index (χ4n) is 2.22.